The molecule has 0 radical (unpaired) electrons. The molecular weight excluding hydrogens is 218 g/mol. The van der Waals surface area contributed by atoms with Crippen LogP contribution in [0.5, 0.6) is 0 Å². The van der Waals surface area contributed by atoms with Gasteiger partial charge < -0.3 is 4.90 Å². The number of hydrogen-bond acceptors (Lipinski definition) is 1. The van der Waals surface area contributed by atoms with Gasteiger partial charge in [0, 0.05) is 13.1 Å². The average Bonchev–Trinajstić information content (AvgIpc) is 2.70. The molecule has 0 amide bonds. The van der Waals surface area contributed by atoms with Gasteiger partial charge in [-0.25, -0.2) is 0 Å². The van der Waals surface area contributed by atoms with Crippen LogP contribution in [0.25, 0.3) is 0 Å². The molecule has 0 fully saturated rings. The first-order valence-corrected chi connectivity index (χ1v) is 7.73. The summed E-state index contributed by atoms with van der Waals surface area (Å²) in [5, 5.41) is 0. The number of rotatable bonds is 4. The third kappa shape index (κ3) is 2.28. The molecule has 3 rings (SSSR count). The number of nitrogens with zero attached hydrogens (tertiary/aromatic N) is 1. The second-order valence-electron chi connectivity index (χ2n) is 5.98. The molecule has 3 aliphatic rings. The first-order valence-electron chi connectivity index (χ1n) is 7.73. The second-order valence-corrected chi connectivity index (χ2v) is 5.98. The lowest BCUT2D eigenvalue weighted by atomic mass is 9.85. The van der Waals surface area contributed by atoms with E-state index in [4.69, 9.17) is 0 Å². The summed E-state index contributed by atoms with van der Waals surface area (Å²) in [5.41, 5.74) is 5.03. The van der Waals surface area contributed by atoms with Crippen molar-refractivity contribution in [2.45, 2.75) is 51.9 Å². The minimum Gasteiger partial charge on any atom is -0.373 e. The van der Waals surface area contributed by atoms with Gasteiger partial charge in [-0.1, -0.05) is 25.8 Å². The van der Waals surface area contributed by atoms with Gasteiger partial charge in [0.1, 0.15) is 0 Å². The monoisotopic (exact) mass is 243 g/mol. The topological polar surface area (TPSA) is 3.24 Å². The Hall–Kier alpha value is -0.980. The lowest BCUT2D eigenvalue weighted by Crippen LogP contribution is -2.20. The van der Waals surface area contributed by atoms with Crippen LogP contribution in [0.1, 0.15) is 51.9 Å². The highest BCUT2D eigenvalue weighted by atomic mass is 15.1. The third-order valence-corrected chi connectivity index (χ3v) is 4.68. The predicted molar refractivity (Wildman–Crippen MR) is 77.3 cm³/mol. The van der Waals surface area contributed by atoms with Crippen molar-refractivity contribution in [3.05, 3.63) is 35.1 Å². The van der Waals surface area contributed by atoms with Crippen LogP contribution in [0.4, 0.5) is 0 Å². The zero-order valence-electron chi connectivity index (χ0n) is 11.6. The standard InChI is InChI=1S/C17H25N/c1-2-3-4-11-18-12-10-15-7-5-6-14-8-9-16(13-18)17(14)15/h7,10,12,14H,2-6,8-9,11,13H2,1H3. The second kappa shape index (κ2) is 5.34. The van der Waals surface area contributed by atoms with Crippen LogP contribution >= 0.6 is 0 Å². The Morgan fingerprint density at radius 1 is 1.28 bits per heavy atom. The van der Waals surface area contributed by atoms with E-state index in [0.29, 0.717) is 0 Å². The van der Waals surface area contributed by atoms with Gasteiger partial charge >= 0.3 is 0 Å². The molecule has 0 bridgehead atoms. The van der Waals surface area contributed by atoms with Crippen LogP contribution in [0, 0.1) is 5.92 Å². The highest BCUT2D eigenvalue weighted by Gasteiger charge is 2.30. The van der Waals surface area contributed by atoms with E-state index in [1.165, 1.54) is 58.0 Å². The summed E-state index contributed by atoms with van der Waals surface area (Å²) in [4.78, 5) is 2.54. The number of allylic oxidation sites excluding steroid dienone is 4. The first-order chi connectivity index (χ1) is 8.88. The highest BCUT2D eigenvalue weighted by Crippen LogP contribution is 2.44. The molecule has 0 N–H and O–H groups in total. The molecule has 98 valence electrons. The Morgan fingerprint density at radius 2 is 2.22 bits per heavy atom. The smallest absolute Gasteiger partial charge is 0.0389 e. The molecule has 0 spiro atoms. The Kier molecular flexibility index (Phi) is 3.58. The average molecular weight is 243 g/mol. The molecule has 1 atom stereocenters. The van der Waals surface area contributed by atoms with Gasteiger partial charge in [0.05, 0.1) is 0 Å². The van der Waals surface area contributed by atoms with Gasteiger partial charge in [0.25, 0.3) is 0 Å². The highest BCUT2D eigenvalue weighted by molar-refractivity contribution is 5.49. The predicted octanol–water partition coefficient (Wildman–Crippen LogP) is 4.43. The fourth-order valence-corrected chi connectivity index (χ4v) is 3.72. The summed E-state index contributed by atoms with van der Waals surface area (Å²) in [6, 6.07) is 0. The van der Waals surface area contributed by atoms with Gasteiger partial charge in [-0.2, -0.15) is 0 Å². The molecule has 18 heavy (non-hydrogen) atoms. The molecule has 2 aliphatic carbocycles. The minimum absolute atomic E-state index is 0.889. The van der Waals surface area contributed by atoms with Gasteiger partial charge in [-0.15, -0.1) is 0 Å². The van der Waals surface area contributed by atoms with Gasteiger partial charge in [0.2, 0.25) is 0 Å². The van der Waals surface area contributed by atoms with Crippen LogP contribution in [0.2, 0.25) is 0 Å². The van der Waals surface area contributed by atoms with Crippen molar-refractivity contribution in [2.24, 2.45) is 5.92 Å². The van der Waals surface area contributed by atoms with Crippen molar-refractivity contribution < 1.29 is 0 Å². The molecular formula is C17H25N. The molecule has 1 unspecified atom stereocenters. The van der Waals surface area contributed by atoms with E-state index >= 15 is 0 Å². The van der Waals surface area contributed by atoms with Crippen molar-refractivity contribution in [1.29, 1.82) is 0 Å². The lowest BCUT2D eigenvalue weighted by Gasteiger charge is -2.20. The number of unbranched alkanes of at least 4 members (excludes halogenated alkanes) is 2. The van der Waals surface area contributed by atoms with Crippen molar-refractivity contribution in [2.75, 3.05) is 13.1 Å². The van der Waals surface area contributed by atoms with E-state index in [2.05, 4.69) is 30.2 Å². The fourth-order valence-electron chi connectivity index (χ4n) is 3.72. The molecule has 1 nitrogen and oxygen atoms in total. The quantitative estimate of drug-likeness (QED) is 0.660. The SMILES string of the molecule is CCCCCN1C=CC2=CCCC3CCC(=C23)C1. The molecule has 0 aromatic rings. The molecule has 0 saturated heterocycles. The van der Waals surface area contributed by atoms with Crippen LogP contribution in [-0.2, 0) is 0 Å². The van der Waals surface area contributed by atoms with E-state index in [0.717, 1.165) is 5.92 Å². The summed E-state index contributed by atoms with van der Waals surface area (Å²) in [7, 11) is 0. The summed E-state index contributed by atoms with van der Waals surface area (Å²) < 4.78 is 0. The zero-order chi connectivity index (χ0) is 12.4. The first kappa shape index (κ1) is 12.1. The minimum atomic E-state index is 0.889. The van der Waals surface area contributed by atoms with E-state index in [1.807, 2.05) is 0 Å². The van der Waals surface area contributed by atoms with Crippen molar-refractivity contribution in [3.63, 3.8) is 0 Å². The van der Waals surface area contributed by atoms with Crippen LogP contribution in [0.15, 0.2) is 35.1 Å². The molecule has 1 aliphatic heterocycles. The van der Waals surface area contributed by atoms with E-state index in [1.54, 1.807) is 16.7 Å². The lowest BCUT2D eigenvalue weighted by molar-refractivity contribution is 0.389. The number of hydrogen-bond donors (Lipinski definition) is 0. The Balaban J connectivity index is 1.75. The maximum atomic E-state index is 2.54. The van der Waals surface area contributed by atoms with Crippen molar-refractivity contribution in [1.82, 2.24) is 4.90 Å². The molecule has 1 heteroatoms. The molecule has 0 aromatic carbocycles. The fraction of sp³-hybridized carbons (Fsp3) is 0.647. The molecule has 1 heterocycles. The Morgan fingerprint density at radius 3 is 3.11 bits per heavy atom. The summed E-state index contributed by atoms with van der Waals surface area (Å²) in [5.74, 6) is 0.889. The summed E-state index contributed by atoms with van der Waals surface area (Å²) in [6.45, 7) is 4.71. The normalized spacial score (nSPS) is 26.2. The van der Waals surface area contributed by atoms with E-state index in [-0.39, 0.29) is 0 Å². The molecule has 0 saturated carbocycles. The van der Waals surface area contributed by atoms with Gasteiger partial charge in [0.15, 0.2) is 0 Å². The maximum absolute atomic E-state index is 2.54. The van der Waals surface area contributed by atoms with Gasteiger partial charge in [-0.05, 0) is 67.0 Å². The van der Waals surface area contributed by atoms with Crippen LogP contribution in [-0.4, -0.2) is 18.0 Å². The van der Waals surface area contributed by atoms with E-state index < -0.39 is 0 Å². The van der Waals surface area contributed by atoms with Gasteiger partial charge in [-0.3, -0.25) is 0 Å². The van der Waals surface area contributed by atoms with Crippen molar-refractivity contribution in [3.8, 4) is 0 Å². The van der Waals surface area contributed by atoms with Crippen LogP contribution in [0.3, 0.4) is 0 Å². The van der Waals surface area contributed by atoms with Crippen molar-refractivity contribution >= 4 is 0 Å². The zero-order valence-corrected chi connectivity index (χ0v) is 11.6. The largest absolute Gasteiger partial charge is 0.373 e. The summed E-state index contributed by atoms with van der Waals surface area (Å²) >= 11 is 0. The third-order valence-electron chi connectivity index (χ3n) is 4.68. The Bertz CT molecular complexity index is 400. The maximum Gasteiger partial charge on any atom is 0.0389 e. The van der Waals surface area contributed by atoms with E-state index in [9.17, 15) is 0 Å². The van der Waals surface area contributed by atoms with Crippen LogP contribution < -0.4 is 0 Å². The molecule has 0 aromatic heterocycles. The summed E-state index contributed by atoms with van der Waals surface area (Å²) in [6.07, 6.45) is 16.7. The Labute approximate surface area is 111 Å².